The van der Waals surface area contributed by atoms with Crippen LogP contribution in [0.15, 0.2) is 17.2 Å². The fourth-order valence-electron chi connectivity index (χ4n) is 2.33. The van der Waals surface area contributed by atoms with E-state index in [9.17, 15) is 13.2 Å². The van der Waals surface area contributed by atoms with Gasteiger partial charge in [0.25, 0.3) is 0 Å². The molecule has 1 aromatic heterocycles. The van der Waals surface area contributed by atoms with Gasteiger partial charge in [0.2, 0.25) is 10.0 Å². The minimum absolute atomic E-state index is 0.0677. The van der Waals surface area contributed by atoms with Crippen molar-refractivity contribution in [2.75, 3.05) is 13.2 Å². The van der Waals surface area contributed by atoms with E-state index < -0.39 is 16.0 Å². The van der Waals surface area contributed by atoms with E-state index in [0.717, 1.165) is 18.9 Å². The van der Waals surface area contributed by atoms with Gasteiger partial charge in [-0.25, -0.2) is 17.9 Å². The highest BCUT2D eigenvalue weighted by molar-refractivity contribution is 7.89. The summed E-state index contributed by atoms with van der Waals surface area (Å²) in [6.07, 6.45) is 2.93. The van der Waals surface area contributed by atoms with E-state index in [-0.39, 0.29) is 22.6 Å². The molecule has 0 spiro atoms. The molecular weight excluding hydrogens is 284 g/mol. The second-order valence-electron chi connectivity index (χ2n) is 4.77. The third-order valence-corrected chi connectivity index (χ3v) is 4.88. The summed E-state index contributed by atoms with van der Waals surface area (Å²) in [5, 5.41) is 8.77. The van der Waals surface area contributed by atoms with E-state index in [1.165, 1.54) is 6.20 Å². The number of carboxylic acids is 1. The second-order valence-corrected chi connectivity index (χ2v) is 6.54. The highest BCUT2D eigenvalue weighted by Crippen LogP contribution is 2.23. The topological polar surface area (TPSA) is 108 Å². The highest BCUT2D eigenvalue weighted by Gasteiger charge is 2.28. The molecule has 2 atom stereocenters. The van der Waals surface area contributed by atoms with Crippen LogP contribution in [0, 0.1) is 5.92 Å². The van der Waals surface area contributed by atoms with Crippen LogP contribution in [0.1, 0.15) is 30.3 Å². The first-order chi connectivity index (χ1) is 9.44. The van der Waals surface area contributed by atoms with Crippen LogP contribution < -0.4 is 4.72 Å². The average molecular weight is 302 g/mol. The number of nitrogens with one attached hydrogen (secondary N) is 2. The van der Waals surface area contributed by atoms with Gasteiger partial charge in [-0.2, -0.15) is 0 Å². The summed E-state index contributed by atoms with van der Waals surface area (Å²) in [5.74, 6) is -1.03. The first kappa shape index (κ1) is 15.0. The van der Waals surface area contributed by atoms with Crippen molar-refractivity contribution < 1.29 is 23.1 Å². The van der Waals surface area contributed by atoms with Gasteiger partial charge in [0.1, 0.15) is 10.6 Å². The fraction of sp³-hybridized carbons (Fsp3) is 0.583. The summed E-state index contributed by atoms with van der Waals surface area (Å²) in [6, 6.07) is 1.10. The summed E-state index contributed by atoms with van der Waals surface area (Å²) >= 11 is 0. The number of ether oxygens (including phenoxy) is 1. The number of carbonyl (C=O) groups is 1. The lowest BCUT2D eigenvalue weighted by atomic mass is 10.0. The molecule has 0 aromatic carbocycles. The zero-order chi connectivity index (χ0) is 14.8. The molecule has 0 radical (unpaired) electrons. The van der Waals surface area contributed by atoms with Crippen LogP contribution in [-0.2, 0) is 14.8 Å². The van der Waals surface area contributed by atoms with Gasteiger partial charge in [-0.1, -0.05) is 6.92 Å². The predicted molar refractivity (Wildman–Crippen MR) is 71.1 cm³/mol. The molecule has 0 bridgehead atoms. The molecular formula is C12H18N2O5S. The minimum atomic E-state index is -3.69. The van der Waals surface area contributed by atoms with Crippen LogP contribution in [-0.4, -0.2) is 43.7 Å². The molecule has 20 heavy (non-hydrogen) atoms. The van der Waals surface area contributed by atoms with Gasteiger partial charge in [-0.15, -0.1) is 0 Å². The molecule has 3 N–H and O–H groups in total. The van der Waals surface area contributed by atoms with Crippen molar-refractivity contribution in [3.05, 3.63) is 18.0 Å². The van der Waals surface area contributed by atoms with Crippen LogP contribution in [0.2, 0.25) is 0 Å². The predicted octanol–water partition coefficient (Wildman–Crippen LogP) is 0.806. The first-order valence-corrected chi connectivity index (χ1v) is 7.95. The number of aromatic nitrogens is 1. The van der Waals surface area contributed by atoms with Gasteiger partial charge >= 0.3 is 5.97 Å². The smallest absolute Gasteiger partial charge is 0.352 e. The van der Waals surface area contributed by atoms with Crippen LogP contribution in [0.3, 0.4) is 0 Å². The number of rotatable bonds is 6. The lowest BCUT2D eigenvalue weighted by Gasteiger charge is -2.16. The minimum Gasteiger partial charge on any atom is -0.477 e. The van der Waals surface area contributed by atoms with Crippen molar-refractivity contribution >= 4 is 16.0 Å². The highest BCUT2D eigenvalue weighted by atomic mass is 32.2. The summed E-state index contributed by atoms with van der Waals surface area (Å²) in [6.45, 7) is 2.95. The van der Waals surface area contributed by atoms with Gasteiger partial charge in [-0.3, -0.25) is 0 Å². The summed E-state index contributed by atoms with van der Waals surface area (Å²) in [5.41, 5.74) is -0.152. The van der Waals surface area contributed by atoms with E-state index in [1.54, 1.807) is 0 Å². The molecule has 1 aliphatic rings. The summed E-state index contributed by atoms with van der Waals surface area (Å²) < 4.78 is 32.1. The van der Waals surface area contributed by atoms with E-state index in [2.05, 4.69) is 9.71 Å². The average Bonchev–Trinajstić information content (AvgIpc) is 3.05. The molecule has 7 nitrogen and oxygen atoms in total. The number of H-pyrrole nitrogens is 1. The second kappa shape index (κ2) is 5.94. The molecule has 0 aliphatic carbocycles. The van der Waals surface area contributed by atoms with Crippen molar-refractivity contribution in [2.45, 2.75) is 30.8 Å². The van der Waals surface area contributed by atoms with E-state index in [4.69, 9.17) is 9.84 Å². The zero-order valence-corrected chi connectivity index (χ0v) is 11.9. The fourth-order valence-corrected chi connectivity index (χ4v) is 3.42. The maximum Gasteiger partial charge on any atom is 0.352 e. The van der Waals surface area contributed by atoms with Crippen molar-refractivity contribution in [1.82, 2.24) is 9.71 Å². The number of sulfonamides is 1. The number of hydrogen-bond donors (Lipinski definition) is 3. The lowest BCUT2D eigenvalue weighted by molar-refractivity contribution is 0.0691. The molecule has 0 amide bonds. The van der Waals surface area contributed by atoms with Crippen LogP contribution >= 0.6 is 0 Å². The van der Waals surface area contributed by atoms with Gasteiger partial charge in [-0.05, 0) is 18.9 Å². The van der Waals surface area contributed by atoms with Crippen molar-refractivity contribution in [3.63, 3.8) is 0 Å². The Morgan fingerprint density at radius 3 is 2.95 bits per heavy atom. The van der Waals surface area contributed by atoms with Crippen LogP contribution in [0.4, 0.5) is 0 Å². The monoisotopic (exact) mass is 302 g/mol. The molecule has 1 fully saturated rings. The Hall–Kier alpha value is -1.38. The SMILES string of the molecule is CCC1OCCC1CNS(=O)(=O)c1c[nH]c(C(=O)O)c1. The number of aromatic amines is 1. The molecule has 1 aliphatic heterocycles. The molecule has 1 saturated heterocycles. The summed E-state index contributed by atoms with van der Waals surface area (Å²) in [7, 11) is -3.69. The van der Waals surface area contributed by atoms with E-state index >= 15 is 0 Å². The largest absolute Gasteiger partial charge is 0.477 e. The third-order valence-electron chi connectivity index (χ3n) is 3.48. The third kappa shape index (κ3) is 3.20. The molecule has 2 rings (SSSR count). The normalized spacial score (nSPS) is 23.1. The Morgan fingerprint density at radius 2 is 2.35 bits per heavy atom. The number of hydrogen-bond acceptors (Lipinski definition) is 4. The van der Waals surface area contributed by atoms with E-state index in [0.29, 0.717) is 13.2 Å². The van der Waals surface area contributed by atoms with E-state index in [1.807, 2.05) is 6.92 Å². The number of carboxylic acid groups (broad SMARTS) is 1. The number of aromatic carboxylic acids is 1. The van der Waals surface area contributed by atoms with Gasteiger partial charge in [0.15, 0.2) is 0 Å². The first-order valence-electron chi connectivity index (χ1n) is 6.47. The molecule has 2 unspecified atom stereocenters. The summed E-state index contributed by atoms with van der Waals surface area (Å²) in [4.78, 5) is 13.1. The maximum atomic E-state index is 12.1. The molecule has 112 valence electrons. The Labute approximate surface area is 117 Å². The maximum absolute atomic E-state index is 12.1. The van der Waals surface area contributed by atoms with Gasteiger partial charge in [0, 0.05) is 25.3 Å². The van der Waals surface area contributed by atoms with Gasteiger partial charge in [0.05, 0.1) is 6.10 Å². The lowest BCUT2D eigenvalue weighted by Crippen LogP contribution is -2.32. The standard InChI is InChI=1S/C12H18N2O5S/c1-2-11-8(3-4-19-11)6-14-20(17,18)9-5-10(12(15)16)13-7-9/h5,7-8,11,13-14H,2-4,6H2,1H3,(H,15,16). The Morgan fingerprint density at radius 1 is 1.60 bits per heavy atom. The Balaban J connectivity index is 2.01. The van der Waals surface area contributed by atoms with Gasteiger partial charge < -0.3 is 14.8 Å². The van der Waals surface area contributed by atoms with Crippen molar-refractivity contribution in [1.29, 1.82) is 0 Å². The molecule has 0 saturated carbocycles. The van der Waals surface area contributed by atoms with Crippen molar-refractivity contribution in [2.24, 2.45) is 5.92 Å². The molecule has 1 aromatic rings. The van der Waals surface area contributed by atoms with Crippen LogP contribution in [0.5, 0.6) is 0 Å². The molecule has 2 heterocycles. The van der Waals surface area contributed by atoms with Crippen molar-refractivity contribution in [3.8, 4) is 0 Å². The van der Waals surface area contributed by atoms with Crippen LogP contribution in [0.25, 0.3) is 0 Å². The Kier molecular flexibility index (Phi) is 4.46. The Bertz CT molecular complexity index is 580. The molecule has 8 heteroatoms. The quantitative estimate of drug-likeness (QED) is 0.720. The zero-order valence-electron chi connectivity index (χ0n) is 11.1.